The van der Waals surface area contributed by atoms with Gasteiger partial charge in [-0.15, -0.1) is 0 Å². The molecule has 0 radical (unpaired) electrons. The van der Waals surface area contributed by atoms with Crippen LogP contribution in [0.25, 0.3) is 0 Å². The van der Waals surface area contributed by atoms with Gasteiger partial charge in [-0.05, 0) is 50.6 Å². The molecule has 0 aliphatic carbocycles. The zero-order chi connectivity index (χ0) is 10.7. The van der Waals surface area contributed by atoms with E-state index in [9.17, 15) is 0 Å². The van der Waals surface area contributed by atoms with Crippen LogP contribution in [0.3, 0.4) is 0 Å². The Morgan fingerprint density at radius 1 is 1.40 bits per heavy atom. The third-order valence-corrected chi connectivity index (χ3v) is 4.59. The van der Waals surface area contributed by atoms with Gasteiger partial charge >= 0.3 is 0 Å². The summed E-state index contributed by atoms with van der Waals surface area (Å²) in [6, 6.07) is 0.883. The van der Waals surface area contributed by atoms with E-state index in [4.69, 9.17) is 0 Å². The molecule has 0 amide bonds. The van der Waals surface area contributed by atoms with Gasteiger partial charge in [0, 0.05) is 19.1 Å². The normalized spacial score (nSPS) is 37.6. The van der Waals surface area contributed by atoms with Crippen LogP contribution in [0.15, 0.2) is 0 Å². The summed E-state index contributed by atoms with van der Waals surface area (Å²) in [5.41, 5.74) is 0.595. The molecule has 0 spiro atoms. The van der Waals surface area contributed by atoms with E-state index in [-0.39, 0.29) is 0 Å². The number of nitrogens with zero attached hydrogens (tertiary/aromatic N) is 1. The highest BCUT2D eigenvalue weighted by molar-refractivity contribution is 4.92. The highest BCUT2D eigenvalue weighted by Gasteiger charge is 2.36. The monoisotopic (exact) mass is 210 g/mol. The van der Waals surface area contributed by atoms with Crippen LogP contribution >= 0.6 is 0 Å². The van der Waals surface area contributed by atoms with Crippen molar-refractivity contribution in [3.8, 4) is 0 Å². The molecule has 2 heterocycles. The molecule has 15 heavy (non-hydrogen) atoms. The summed E-state index contributed by atoms with van der Waals surface area (Å²) in [4.78, 5) is 2.76. The van der Waals surface area contributed by atoms with Crippen LogP contribution in [-0.2, 0) is 0 Å². The molecule has 2 nitrogen and oxygen atoms in total. The number of rotatable bonds is 4. The van der Waals surface area contributed by atoms with Crippen molar-refractivity contribution >= 4 is 0 Å². The molecule has 2 aliphatic rings. The Kier molecular flexibility index (Phi) is 3.68. The second-order valence-corrected chi connectivity index (χ2v) is 5.46. The van der Waals surface area contributed by atoms with E-state index in [2.05, 4.69) is 24.1 Å². The van der Waals surface area contributed by atoms with Gasteiger partial charge < -0.3 is 5.32 Å². The fourth-order valence-electron chi connectivity index (χ4n) is 3.34. The minimum Gasteiger partial charge on any atom is -0.316 e. The SMILES string of the molecule is CCC1CCCN1CC1(CC)CCNC1. The molecule has 2 heteroatoms. The van der Waals surface area contributed by atoms with E-state index in [0.717, 1.165) is 6.04 Å². The van der Waals surface area contributed by atoms with E-state index >= 15 is 0 Å². The highest BCUT2D eigenvalue weighted by Crippen LogP contribution is 2.33. The van der Waals surface area contributed by atoms with E-state index in [0.29, 0.717) is 5.41 Å². The Morgan fingerprint density at radius 3 is 2.87 bits per heavy atom. The summed E-state index contributed by atoms with van der Waals surface area (Å²) in [5.74, 6) is 0. The van der Waals surface area contributed by atoms with Gasteiger partial charge in [0.1, 0.15) is 0 Å². The van der Waals surface area contributed by atoms with Crippen LogP contribution in [0.5, 0.6) is 0 Å². The highest BCUT2D eigenvalue weighted by atomic mass is 15.2. The van der Waals surface area contributed by atoms with Crippen molar-refractivity contribution in [3.63, 3.8) is 0 Å². The van der Waals surface area contributed by atoms with Gasteiger partial charge in [-0.2, -0.15) is 0 Å². The van der Waals surface area contributed by atoms with Crippen molar-refractivity contribution in [1.82, 2.24) is 10.2 Å². The van der Waals surface area contributed by atoms with Crippen molar-refractivity contribution in [2.75, 3.05) is 26.2 Å². The largest absolute Gasteiger partial charge is 0.316 e. The summed E-state index contributed by atoms with van der Waals surface area (Å²) in [5, 5.41) is 3.54. The van der Waals surface area contributed by atoms with Crippen molar-refractivity contribution < 1.29 is 0 Å². The summed E-state index contributed by atoms with van der Waals surface area (Å²) >= 11 is 0. The van der Waals surface area contributed by atoms with Crippen LogP contribution in [0.4, 0.5) is 0 Å². The van der Waals surface area contributed by atoms with Gasteiger partial charge in [0.25, 0.3) is 0 Å². The lowest BCUT2D eigenvalue weighted by molar-refractivity contribution is 0.144. The van der Waals surface area contributed by atoms with Gasteiger partial charge in [-0.25, -0.2) is 0 Å². The van der Waals surface area contributed by atoms with E-state index in [1.807, 2.05) is 0 Å². The number of hydrogen-bond acceptors (Lipinski definition) is 2. The van der Waals surface area contributed by atoms with Crippen molar-refractivity contribution in [3.05, 3.63) is 0 Å². The standard InChI is InChI=1S/C13H26N2/c1-3-12-6-5-9-15(12)11-13(4-2)7-8-14-10-13/h12,14H,3-11H2,1-2H3. The van der Waals surface area contributed by atoms with Crippen molar-refractivity contribution in [2.24, 2.45) is 5.41 Å². The molecular weight excluding hydrogens is 184 g/mol. The minimum atomic E-state index is 0.595. The maximum absolute atomic E-state index is 3.54. The molecule has 0 aromatic heterocycles. The molecular formula is C13H26N2. The predicted octanol–water partition coefficient (Wildman–Crippen LogP) is 2.25. The molecule has 2 fully saturated rings. The summed E-state index contributed by atoms with van der Waals surface area (Å²) < 4.78 is 0. The lowest BCUT2D eigenvalue weighted by Gasteiger charge is -2.35. The molecule has 2 aliphatic heterocycles. The first-order valence-electron chi connectivity index (χ1n) is 6.74. The zero-order valence-corrected chi connectivity index (χ0v) is 10.4. The summed E-state index contributed by atoms with van der Waals surface area (Å²) in [6.07, 6.45) is 6.92. The fourth-order valence-corrected chi connectivity index (χ4v) is 3.34. The smallest absolute Gasteiger partial charge is 0.00933 e. The Labute approximate surface area is 94.4 Å². The van der Waals surface area contributed by atoms with Gasteiger partial charge in [-0.3, -0.25) is 4.90 Å². The van der Waals surface area contributed by atoms with E-state index in [1.54, 1.807) is 0 Å². The number of nitrogens with one attached hydrogen (secondary N) is 1. The zero-order valence-electron chi connectivity index (χ0n) is 10.4. The summed E-state index contributed by atoms with van der Waals surface area (Å²) in [6.45, 7) is 9.88. The fraction of sp³-hybridized carbons (Fsp3) is 1.00. The van der Waals surface area contributed by atoms with Crippen LogP contribution < -0.4 is 5.32 Å². The van der Waals surface area contributed by atoms with E-state index in [1.165, 1.54) is 58.3 Å². The van der Waals surface area contributed by atoms with Gasteiger partial charge in [0.2, 0.25) is 0 Å². The lowest BCUT2D eigenvalue weighted by Crippen LogP contribution is -2.41. The third kappa shape index (κ3) is 2.36. The minimum absolute atomic E-state index is 0.595. The predicted molar refractivity (Wildman–Crippen MR) is 65.1 cm³/mol. The average Bonchev–Trinajstić information content (AvgIpc) is 2.88. The van der Waals surface area contributed by atoms with Crippen LogP contribution in [-0.4, -0.2) is 37.1 Å². The number of hydrogen-bond donors (Lipinski definition) is 1. The molecule has 2 unspecified atom stereocenters. The molecule has 2 rings (SSSR count). The molecule has 1 N–H and O–H groups in total. The van der Waals surface area contributed by atoms with Gasteiger partial charge in [0.15, 0.2) is 0 Å². The quantitative estimate of drug-likeness (QED) is 0.765. The Bertz CT molecular complexity index is 197. The first-order chi connectivity index (χ1) is 7.29. The van der Waals surface area contributed by atoms with Crippen molar-refractivity contribution in [2.45, 2.75) is 52.0 Å². The Hall–Kier alpha value is -0.0800. The van der Waals surface area contributed by atoms with Gasteiger partial charge in [-0.1, -0.05) is 13.8 Å². The average molecular weight is 210 g/mol. The lowest BCUT2D eigenvalue weighted by atomic mass is 9.83. The molecule has 0 aromatic carbocycles. The van der Waals surface area contributed by atoms with Gasteiger partial charge in [0.05, 0.1) is 0 Å². The second kappa shape index (κ2) is 4.84. The molecule has 88 valence electrons. The van der Waals surface area contributed by atoms with E-state index < -0.39 is 0 Å². The first kappa shape index (κ1) is 11.4. The van der Waals surface area contributed by atoms with Crippen LogP contribution in [0.1, 0.15) is 46.0 Å². The maximum Gasteiger partial charge on any atom is 0.00933 e. The Morgan fingerprint density at radius 2 is 2.27 bits per heavy atom. The van der Waals surface area contributed by atoms with Crippen molar-refractivity contribution in [1.29, 1.82) is 0 Å². The Balaban J connectivity index is 1.94. The molecule has 0 aromatic rings. The molecule has 2 saturated heterocycles. The number of likely N-dealkylation sites (tertiary alicyclic amines) is 1. The maximum atomic E-state index is 3.54. The topological polar surface area (TPSA) is 15.3 Å². The first-order valence-corrected chi connectivity index (χ1v) is 6.74. The van der Waals surface area contributed by atoms with Crippen LogP contribution in [0, 0.1) is 5.41 Å². The summed E-state index contributed by atoms with van der Waals surface area (Å²) in [7, 11) is 0. The molecule has 0 saturated carbocycles. The van der Waals surface area contributed by atoms with Crippen LogP contribution in [0.2, 0.25) is 0 Å². The molecule has 2 atom stereocenters. The molecule has 0 bridgehead atoms. The second-order valence-electron chi connectivity index (χ2n) is 5.46. The third-order valence-electron chi connectivity index (χ3n) is 4.59.